The molecular formula is C10H9Cl2F3O. The zero-order valence-electron chi connectivity index (χ0n) is 8.15. The SMILES string of the molecule is FC(F)(F)Oc1cc(Cl)ccc1CCCCl. The molecular weight excluding hydrogens is 264 g/mol. The van der Waals surface area contributed by atoms with Crippen LogP contribution in [0.15, 0.2) is 18.2 Å². The van der Waals surface area contributed by atoms with Crippen LogP contribution in [0.2, 0.25) is 5.02 Å². The minimum Gasteiger partial charge on any atom is -0.405 e. The molecule has 0 spiro atoms. The summed E-state index contributed by atoms with van der Waals surface area (Å²) in [5, 5.41) is 0.203. The average molecular weight is 273 g/mol. The van der Waals surface area contributed by atoms with Gasteiger partial charge in [0, 0.05) is 10.9 Å². The molecule has 1 aromatic rings. The third kappa shape index (κ3) is 4.49. The summed E-state index contributed by atoms with van der Waals surface area (Å²) in [5.74, 6) is 0.124. The fourth-order valence-corrected chi connectivity index (χ4v) is 1.51. The number of hydrogen-bond acceptors (Lipinski definition) is 1. The van der Waals surface area contributed by atoms with E-state index in [1.165, 1.54) is 12.1 Å². The average Bonchev–Trinajstić information content (AvgIpc) is 2.14. The number of halogens is 5. The molecule has 0 saturated heterocycles. The zero-order valence-corrected chi connectivity index (χ0v) is 9.66. The Kier molecular flexibility index (Phi) is 4.74. The lowest BCUT2D eigenvalue weighted by molar-refractivity contribution is -0.274. The molecule has 0 amide bonds. The van der Waals surface area contributed by atoms with Gasteiger partial charge in [-0.2, -0.15) is 0 Å². The molecule has 0 atom stereocenters. The lowest BCUT2D eigenvalue weighted by Crippen LogP contribution is -2.18. The van der Waals surface area contributed by atoms with Gasteiger partial charge in [0.15, 0.2) is 0 Å². The predicted octanol–water partition coefficient (Wildman–Crippen LogP) is 4.41. The molecule has 1 nitrogen and oxygen atoms in total. The Hall–Kier alpha value is -0.610. The first-order valence-electron chi connectivity index (χ1n) is 4.52. The Morgan fingerprint density at radius 3 is 2.50 bits per heavy atom. The van der Waals surface area contributed by atoms with Crippen LogP contribution in [0.5, 0.6) is 5.75 Å². The number of benzene rings is 1. The summed E-state index contributed by atoms with van der Waals surface area (Å²) in [6.45, 7) is 0. The van der Waals surface area contributed by atoms with E-state index in [4.69, 9.17) is 23.2 Å². The van der Waals surface area contributed by atoms with Crippen LogP contribution in [0, 0.1) is 0 Å². The molecule has 0 aliphatic rings. The van der Waals surface area contributed by atoms with Crippen molar-refractivity contribution in [3.63, 3.8) is 0 Å². The summed E-state index contributed by atoms with van der Waals surface area (Å²) < 4.78 is 40.1. The third-order valence-corrected chi connectivity index (χ3v) is 2.34. The van der Waals surface area contributed by atoms with E-state index in [1.807, 2.05) is 0 Å². The van der Waals surface area contributed by atoms with E-state index in [2.05, 4.69) is 4.74 Å². The molecule has 0 aliphatic heterocycles. The third-order valence-electron chi connectivity index (χ3n) is 1.83. The van der Waals surface area contributed by atoms with Crippen LogP contribution < -0.4 is 4.74 Å². The highest BCUT2D eigenvalue weighted by atomic mass is 35.5. The molecule has 0 aliphatic carbocycles. The maximum Gasteiger partial charge on any atom is 0.573 e. The number of rotatable bonds is 4. The van der Waals surface area contributed by atoms with E-state index in [9.17, 15) is 13.2 Å². The van der Waals surface area contributed by atoms with Crippen LogP contribution in [0.3, 0.4) is 0 Å². The van der Waals surface area contributed by atoms with Crippen LogP contribution in [-0.2, 0) is 6.42 Å². The van der Waals surface area contributed by atoms with E-state index in [0.29, 0.717) is 24.3 Å². The summed E-state index contributed by atoms with van der Waals surface area (Å²) >= 11 is 11.1. The number of hydrogen-bond donors (Lipinski definition) is 0. The van der Waals surface area contributed by atoms with Crippen molar-refractivity contribution >= 4 is 23.2 Å². The van der Waals surface area contributed by atoms with Crippen LogP contribution >= 0.6 is 23.2 Å². The minimum absolute atomic E-state index is 0.203. The first-order chi connectivity index (χ1) is 7.42. The van der Waals surface area contributed by atoms with Gasteiger partial charge in [-0.25, -0.2) is 0 Å². The molecule has 0 N–H and O–H groups in total. The predicted molar refractivity (Wildman–Crippen MR) is 57.2 cm³/mol. The van der Waals surface area contributed by atoms with Crippen molar-refractivity contribution in [1.82, 2.24) is 0 Å². The second-order valence-corrected chi connectivity index (χ2v) is 3.91. The first-order valence-corrected chi connectivity index (χ1v) is 5.44. The van der Waals surface area contributed by atoms with Crippen molar-refractivity contribution in [3.8, 4) is 5.75 Å². The Balaban J connectivity index is 2.89. The van der Waals surface area contributed by atoms with Crippen molar-refractivity contribution < 1.29 is 17.9 Å². The molecule has 90 valence electrons. The molecule has 1 rings (SSSR count). The lowest BCUT2D eigenvalue weighted by atomic mass is 10.1. The van der Waals surface area contributed by atoms with Gasteiger partial charge >= 0.3 is 6.36 Å². The van der Waals surface area contributed by atoms with Crippen LogP contribution in [0.1, 0.15) is 12.0 Å². The summed E-state index contributed by atoms with van der Waals surface area (Å²) in [4.78, 5) is 0. The highest BCUT2D eigenvalue weighted by molar-refractivity contribution is 6.30. The molecule has 1 aromatic carbocycles. The molecule has 0 radical (unpaired) electrons. The molecule has 0 bridgehead atoms. The van der Waals surface area contributed by atoms with Crippen molar-refractivity contribution in [2.75, 3.05) is 5.88 Å². The normalized spacial score (nSPS) is 11.6. The topological polar surface area (TPSA) is 9.23 Å². The van der Waals surface area contributed by atoms with Crippen molar-refractivity contribution in [2.45, 2.75) is 19.2 Å². The largest absolute Gasteiger partial charge is 0.573 e. The number of ether oxygens (including phenoxy) is 1. The molecule has 0 heterocycles. The fraction of sp³-hybridized carbons (Fsp3) is 0.400. The van der Waals surface area contributed by atoms with Gasteiger partial charge in [-0.1, -0.05) is 17.7 Å². The van der Waals surface area contributed by atoms with Crippen molar-refractivity contribution in [3.05, 3.63) is 28.8 Å². The number of aryl methyl sites for hydroxylation is 1. The van der Waals surface area contributed by atoms with Crippen molar-refractivity contribution in [1.29, 1.82) is 0 Å². The van der Waals surface area contributed by atoms with Gasteiger partial charge < -0.3 is 4.74 Å². The lowest BCUT2D eigenvalue weighted by Gasteiger charge is -2.13. The highest BCUT2D eigenvalue weighted by Crippen LogP contribution is 2.29. The minimum atomic E-state index is -4.71. The van der Waals surface area contributed by atoms with Crippen LogP contribution in [0.25, 0.3) is 0 Å². The van der Waals surface area contributed by atoms with E-state index < -0.39 is 6.36 Å². The Morgan fingerprint density at radius 1 is 1.25 bits per heavy atom. The first kappa shape index (κ1) is 13.5. The second-order valence-electron chi connectivity index (χ2n) is 3.09. The van der Waals surface area contributed by atoms with Gasteiger partial charge in [0.1, 0.15) is 5.75 Å². The molecule has 6 heteroatoms. The molecule has 16 heavy (non-hydrogen) atoms. The Labute approximate surface area is 101 Å². The molecule has 0 unspecified atom stereocenters. The van der Waals surface area contributed by atoms with Crippen LogP contribution in [-0.4, -0.2) is 12.2 Å². The second kappa shape index (κ2) is 5.64. The highest BCUT2D eigenvalue weighted by Gasteiger charge is 2.32. The monoisotopic (exact) mass is 272 g/mol. The van der Waals surface area contributed by atoms with Gasteiger partial charge in [-0.3, -0.25) is 0 Å². The fourth-order valence-electron chi connectivity index (χ4n) is 1.21. The molecule has 0 aromatic heterocycles. The summed E-state index contributed by atoms with van der Waals surface area (Å²) in [6, 6.07) is 4.18. The maximum atomic E-state index is 12.1. The molecule has 0 fully saturated rings. The van der Waals surface area contributed by atoms with Gasteiger partial charge in [0.05, 0.1) is 0 Å². The van der Waals surface area contributed by atoms with E-state index in [0.717, 1.165) is 6.07 Å². The zero-order chi connectivity index (χ0) is 12.2. The maximum absolute atomic E-state index is 12.1. The van der Waals surface area contributed by atoms with E-state index in [1.54, 1.807) is 0 Å². The summed E-state index contributed by atoms with van der Waals surface area (Å²) in [5.41, 5.74) is 0.447. The Bertz CT molecular complexity index is 352. The quantitative estimate of drug-likeness (QED) is 0.738. The summed E-state index contributed by atoms with van der Waals surface area (Å²) in [7, 11) is 0. The van der Waals surface area contributed by atoms with Gasteiger partial charge in [-0.15, -0.1) is 24.8 Å². The standard InChI is InChI=1S/C10H9Cl2F3O/c11-5-1-2-7-3-4-8(12)6-9(7)16-10(13,14)15/h3-4,6H,1-2,5H2. The van der Waals surface area contributed by atoms with Gasteiger partial charge in [0.25, 0.3) is 0 Å². The van der Waals surface area contributed by atoms with Gasteiger partial charge in [-0.05, 0) is 30.5 Å². The smallest absolute Gasteiger partial charge is 0.405 e. The Morgan fingerprint density at radius 2 is 1.94 bits per heavy atom. The van der Waals surface area contributed by atoms with E-state index >= 15 is 0 Å². The van der Waals surface area contributed by atoms with Gasteiger partial charge in [0.2, 0.25) is 0 Å². The van der Waals surface area contributed by atoms with Crippen molar-refractivity contribution in [2.24, 2.45) is 0 Å². The molecule has 0 saturated carbocycles. The number of alkyl halides is 4. The van der Waals surface area contributed by atoms with Crippen LogP contribution in [0.4, 0.5) is 13.2 Å². The van der Waals surface area contributed by atoms with E-state index in [-0.39, 0.29) is 10.8 Å². The summed E-state index contributed by atoms with van der Waals surface area (Å²) in [6.07, 6.45) is -3.70.